The molecule has 1 aromatic rings. The molecule has 1 unspecified atom stereocenters. The minimum atomic E-state index is -0.616. The number of hydrogen-bond acceptors (Lipinski definition) is 5. The van der Waals surface area contributed by atoms with E-state index in [-0.39, 0.29) is 36.4 Å². The van der Waals surface area contributed by atoms with Gasteiger partial charge in [-0.15, -0.1) is 0 Å². The minimum absolute atomic E-state index is 0.101. The zero-order valence-corrected chi connectivity index (χ0v) is 8.94. The number of carbonyl (C=O) groups excluding carboxylic acids is 1. The zero-order chi connectivity index (χ0) is 12.4. The van der Waals surface area contributed by atoms with Crippen LogP contribution in [0.3, 0.4) is 0 Å². The smallest absolute Gasteiger partial charge is 0.387 e. The number of aromatic nitrogens is 1. The molecule has 1 atom stereocenters. The van der Waals surface area contributed by atoms with Gasteiger partial charge in [-0.3, -0.25) is 4.79 Å². The van der Waals surface area contributed by atoms with Gasteiger partial charge in [0.25, 0.3) is 0 Å². The van der Waals surface area contributed by atoms with Crippen LogP contribution in [0.2, 0.25) is 0 Å². The van der Waals surface area contributed by atoms with E-state index in [0.29, 0.717) is 6.54 Å². The Bertz CT molecular complexity index is 463. The molecule has 2 heterocycles. The number of aliphatic hydroxyl groups is 1. The highest BCUT2D eigenvalue weighted by Crippen LogP contribution is 2.30. The number of hydrogen-bond donors (Lipinski definition) is 1. The fourth-order valence-corrected chi connectivity index (χ4v) is 1.88. The number of nitrogens with zero attached hydrogens (tertiary/aromatic N) is 3. The molecule has 1 amide bonds. The van der Waals surface area contributed by atoms with Gasteiger partial charge in [-0.25, -0.2) is 0 Å². The molecule has 1 aliphatic heterocycles. The van der Waals surface area contributed by atoms with E-state index in [0.717, 1.165) is 0 Å². The number of carbonyl (C=O) groups is 1. The molecule has 1 aliphatic rings. The van der Waals surface area contributed by atoms with Gasteiger partial charge in [0.05, 0.1) is 0 Å². The lowest BCUT2D eigenvalue weighted by Gasteiger charge is -2.15. The third kappa shape index (κ3) is 2.09. The Kier molecular flexibility index (Phi) is 3.01. The van der Waals surface area contributed by atoms with Crippen LogP contribution in [0, 0.1) is 16.0 Å². The average molecular weight is 237 g/mol. The summed E-state index contributed by atoms with van der Waals surface area (Å²) in [5, 5.41) is 19.8. The lowest BCUT2D eigenvalue weighted by molar-refractivity contribution is -0.388. The third-order valence-electron chi connectivity index (χ3n) is 2.69. The van der Waals surface area contributed by atoms with E-state index in [1.54, 1.807) is 6.07 Å². The van der Waals surface area contributed by atoms with Gasteiger partial charge in [0, 0.05) is 25.5 Å². The second-order valence-electron chi connectivity index (χ2n) is 3.86. The maximum absolute atomic E-state index is 11.7. The summed E-state index contributed by atoms with van der Waals surface area (Å²) in [6.45, 7) is 0.193. The van der Waals surface area contributed by atoms with Gasteiger partial charge in [-0.2, -0.15) is 0 Å². The van der Waals surface area contributed by atoms with E-state index < -0.39 is 4.92 Å². The first-order chi connectivity index (χ1) is 8.13. The second kappa shape index (κ2) is 4.46. The van der Waals surface area contributed by atoms with Gasteiger partial charge in [0.15, 0.2) is 0 Å². The van der Waals surface area contributed by atoms with Crippen LogP contribution in [0.4, 0.5) is 11.5 Å². The quantitative estimate of drug-likeness (QED) is 0.603. The number of rotatable bonds is 3. The van der Waals surface area contributed by atoms with Crippen molar-refractivity contribution >= 4 is 17.4 Å². The zero-order valence-electron chi connectivity index (χ0n) is 8.94. The van der Waals surface area contributed by atoms with Crippen LogP contribution in [0.5, 0.6) is 0 Å². The first kappa shape index (κ1) is 11.5. The van der Waals surface area contributed by atoms with Gasteiger partial charge in [-0.1, -0.05) is 0 Å². The summed E-state index contributed by atoms with van der Waals surface area (Å²) in [4.78, 5) is 26.8. The number of pyridine rings is 1. The first-order valence-corrected chi connectivity index (χ1v) is 5.14. The van der Waals surface area contributed by atoms with E-state index in [4.69, 9.17) is 5.11 Å². The van der Waals surface area contributed by atoms with Gasteiger partial charge < -0.3 is 20.1 Å². The molecule has 1 saturated heterocycles. The fraction of sp³-hybridized carbons (Fsp3) is 0.400. The average Bonchev–Trinajstić information content (AvgIpc) is 2.70. The van der Waals surface area contributed by atoms with Crippen molar-refractivity contribution in [1.29, 1.82) is 0 Å². The largest absolute Gasteiger partial charge is 0.396 e. The van der Waals surface area contributed by atoms with Gasteiger partial charge in [-0.05, 0) is 22.0 Å². The SMILES string of the molecule is O=C1CC(CO)CN1c1cccnc1[N+](=O)[O-]. The van der Waals surface area contributed by atoms with Gasteiger partial charge in [0.1, 0.15) is 11.9 Å². The van der Waals surface area contributed by atoms with Gasteiger partial charge in [0.2, 0.25) is 5.91 Å². The molecule has 90 valence electrons. The highest BCUT2D eigenvalue weighted by atomic mass is 16.6. The van der Waals surface area contributed by atoms with Crippen molar-refractivity contribution in [3.05, 3.63) is 28.4 Å². The van der Waals surface area contributed by atoms with E-state index in [1.807, 2.05) is 0 Å². The van der Waals surface area contributed by atoms with E-state index >= 15 is 0 Å². The number of anilines is 1. The van der Waals surface area contributed by atoms with E-state index in [2.05, 4.69) is 4.98 Å². The molecule has 7 nitrogen and oxygen atoms in total. The van der Waals surface area contributed by atoms with Crippen LogP contribution in [0.25, 0.3) is 0 Å². The Morgan fingerprint density at radius 3 is 3.00 bits per heavy atom. The Labute approximate surface area is 96.8 Å². The van der Waals surface area contributed by atoms with Crippen molar-refractivity contribution in [2.45, 2.75) is 6.42 Å². The van der Waals surface area contributed by atoms with Crippen molar-refractivity contribution < 1.29 is 14.8 Å². The maximum Gasteiger partial charge on any atom is 0.387 e. The van der Waals surface area contributed by atoms with Crippen molar-refractivity contribution in [2.75, 3.05) is 18.1 Å². The van der Waals surface area contributed by atoms with Crippen LogP contribution in [0.15, 0.2) is 18.3 Å². The molecule has 0 saturated carbocycles. The summed E-state index contributed by atoms with van der Waals surface area (Å²) in [6.07, 6.45) is 1.52. The van der Waals surface area contributed by atoms with Crippen molar-refractivity contribution in [1.82, 2.24) is 4.98 Å². The standard InChI is InChI=1S/C10H11N3O4/c14-6-7-4-9(15)12(5-7)8-2-1-3-11-10(8)13(16)17/h1-3,7,14H,4-6H2. The molecular formula is C10H11N3O4. The Morgan fingerprint density at radius 2 is 2.41 bits per heavy atom. The maximum atomic E-state index is 11.7. The molecule has 0 radical (unpaired) electrons. The third-order valence-corrected chi connectivity index (χ3v) is 2.69. The lowest BCUT2D eigenvalue weighted by atomic mass is 10.1. The number of aliphatic hydroxyl groups excluding tert-OH is 1. The second-order valence-corrected chi connectivity index (χ2v) is 3.86. The normalized spacial score (nSPS) is 19.7. The molecule has 0 spiro atoms. The predicted octanol–water partition coefficient (Wildman–Crippen LogP) is 0.335. The summed E-state index contributed by atoms with van der Waals surface area (Å²) in [5.74, 6) is -0.720. The molecule has 0 bridgehead atoms. The molecule has 0 aliphatic carbocycles. The summed E-state index contributed by atoms with van der Waals surface area (Å²) < 4.78 is 0. The highest BCUT2D eigenvalue weighted by Gasteiger charge is 2.34. The summed E-state index contributed by atoms with van der Waals surface area (Å²) in [7, 11) is 0. The van der Waals surface area contributed by atoms with Crippen LogP contribution < -0.4 is 4.90 Å². The Hall–Kier alpha value is -2.02. The Balaban J connectivity index is 2.35. The van der Waals surface area contributed by atoms with E-state index in [1.165, 1.54) is 17.2 Å². The Morgan fingerprint density at radius 1 is 1.65 bits per heavy atom. The molecule has 17 heavy (non-hydrogen) atoms. The summed E-state index contributed by atoms with van der Waals surface area (Å²) in [5.41, 5.74) is 0.193. The van der Waals surface area contributed by atoms with Crippen LogP contribution in [-0.2, 0) is 4.79 Å². The topological polar surface area (TPSA) is 96.6 Å². The summed E-state index contributed by atoms with van der Waals surface area (Å²) in [6, 6.07) is 3.03. The molecule has 7 heteroatoms. The fourth-order valence-electron chi connectivity index (χ4n) is 1.88. The summed E-state index contributed by atoms with van der Waals surface area (Å²) >= 11 is 0. The van der Waals surface area contributed by atoms with Crippen molar-refractivity contribution in [3.63, 3.8) is 0 Å². The molecule has 1 fully saturated rings. The number of nitro groups is 1. The highest BCUT2D eigenvalue weighted by molar-refractivity contribution is 5.97. The molecule has 0 aromatic carbocycles. The van der Waals surface area contributed by atoms with Crippen LogP contribution in [-0.4, -0.2) is 34.1 Å². The molecule has 1 N–H and O–H groups in total. The van der Waals surface area contributed by atoms with Crippen molar-refractivity contribution in [2.24, 2.45) is 5.92 Å². The van der Waals surface area contributed by atoms with Crippen LogP contribution >= 0.6 is 0 Å². The molecular weight excluding hydrogens is 226 g/mol. The number of amides is 1. The first-order valence-electron chi connectivity index (χ1n) is 5.14. The lowest BCUT2D eigenvalue weighted by Crippen LogP contribution is -2.26. The van der Waals surface area contributed by atoms with E-state index in [9.17, 15) is 14.9 Å². The van der Waals surface area contributed by atoms with Crippen LogP contribution in [0.1, 0.15) is 6.42 Å². The minimum Gasteiger partial charge on any atom is -0.396 e. The van der Waals surface area contributed by atoms with Crippen molar-refractivity contribution in [3.8, 4) is 0 Å². The van der Waals surface area contributed by atoms with Gasteiger partial charge >= 0.3 is 5.82 Å². The molecule has 2 rings (SSSR count). The monoisotopic (exact) mass is 237 g/mol. The predicted molar refractivity (Wildman–Crippen MR) is 58.4 cm³/mol. The molecule has 1 aromatic heterocycles.